The van der Waals surface area contributed by atoms with Crippen molar-refractivity contribution >= 4 is 0 Å². The van der Waals surface area contributed by atoms with Crippen molar-refractivity contribution in [2.75, 3.05) is 0 Å². The molecule has 1 nitrogen and oxygen atoms in total. The maximum Gasteiger partial charge on any atom is 0.00674 e. The summed E-state index contributed by atoms with van der Waals surface area (Å²) in [4.78, 5) is 0. The van der Waals surface area contributed by atoms with Crippen LogP contribution in [0.2, 0.25) is 0 Å². The average molecular weight is 155 g/mol. The van der Waals surface area contributed by atoms with Crippen LogP contribution in [0.25, 0.3) is 0 Å². The molecule has 1 rings (SSSR count). The smallest absolute Gasteiger partial charge is 0.00674 e. The lowest BCUT2D eigenvalue weighted by Gasteiger charge is -2.31. The van der Waals surface area contributed by atoms with Crippen LogP contribution in [-0.4, -0.2) is 6.04 Å². The van der Waals surface area contributed by atoms with E-state index in [1.165, 1.54) is 12.8 Å². The topological polar surface area (TPSA) is 26.0 Å². The second-order valence-corrected chi connectivity index (χ2v) is 5.07. The van der Waals surface area contributed by atoms with Gasteiger partial charge in [-0.3, -0.25) is 0 Å². The van der Waals surface area contributed by atoms with Crippen LogP contribution < -0.4 is 5.73 Å². The third kappa shape index (κ3) is 1.76. The lowest BCUT2D eigenvalue weighted by molar-refractivity contribution is 0.190. The molecular formula is C10H21N. The molecule has 0 aromatic rings. The van der Waals surface area contributed by atoms with Crippen LogP contribution in [0.1, 0.15) is 40.5 Å². The molecule has 3 atom stereocenters. The lowest BCUT2D eigenvalue weighted by Crippen LogP contribution is -2.30. The molecule has 1 saturated carbocycles. The summed E-state index contributed by atoms with van der Waals surface area (Å²) in [5.74, 6) is 1.55. The van der Waals surface area contributed by atoms with Gasteiger partial charge >= 0.3 is 0 Å². The molecule has 2 N–H and O–H groups in total. The molecule has 0 bridgehead atoms. The van der Waals surface area contributed by atoms with Crippen molar-refractivity contribution in [3.05, 3.63) is 0 Å². The van der Waals surface area contributed by atoms with E-state index in [9.17, 15) is 0 Å². The van der Waals surface area contributed by atoms with Gasteiger partial charge in [-0.25, -0.2) is 0 Å². The van der Waals surface area contributed by atoms with Crippen molar-refractivity contribution in [3.63, 3.8) is 0 Å². The lowest BCUT2D eigenvalue weighted by atomic mass is 9.75. The Morgan fingerprint density at radius 2 is 1.73 bits per heavy atom. The van der Waals surface area contributed by atoms with E-state index in [0.717, 1.165) is 11.8 Å². The normalized spacial score (nSPS) is 39.5. The minimum absolute atomic E-state index is 0.452. The molecule has 0 heterocycles. The van der Waals surface area contributed by atoms with Gasteiger partial charge < -0.3 is 5.73 Å². The zero-order chi connectivity index (χ0) is 8.65. The summed E-state index contributed by atoms with van der Waals surface area (Å²) in [5.41, 5.74) is 6.42. The molecule has 0 amide bonds. The number of hydrogen-bond donors (Lipinski definition) is 1. The van der Waals surface area contributed by atoms with E-state index in [1.54, 1.807) is 0 Å². The van der Waals surface area contributed by atoms with E-state index < -0.39 is 0 Å². The predicted octanol–water partition coefficient (Wildman–Crippen LogP) is 2.41. The molecular weight excluding hydrogens is 134 g/mol. The monoisotopic (exact) mass is 155 g/mol. The summed E-state index contributed by atoms with van der Waals surface area (Å²) in [6, 6.07) is 0.458. The highest BCUT2D eigenvalue weighted by molar-refractivity contribution is 4.90. The van der Waals surface area contributed by atoms with Gasteiger partial charge in [0.15, 0.2) is 0 Å². The largest absolute Gasteiger partial charge is 0.327 e. The van der Waals surface area contributed by atoms with Gasteiger partial charge in [0, 0.05) is 6.04 Å². The van der Waals surface area contributed by atoms with Crippen molar-refractivity contribution < 1.29 is 0 Å². The van der Waals surface area contributed by atoms with E-state index in [0.29, 0.717) is 11.5 Å². The average Bonchev–Trinajstić information content (AvgIpc) is 2.11. The third-order valence-corrected chi connectivity index (χ3v) is 3.23. The van der Waals surface area contributed by atoms with Gasteiger partial charge in [0.2, 0.25) is 0 Å². The van der Waals surface area contributed by atoms with Crippen LogP contribution in [0.15, 0.2) is 0 Å². The molecule has 1 aliphatic rings. The second-order valence-electron chi connectivity index (χ2n) is 5.07. The zero-order valence-corrected chi connectivity index (χ0v) is 8.22. The fourth-order valence-electron chi connectivity index (χ4n) is 2.42. The van der Waals surface area contributed by atoms with E-state index in [-0.39, 0.29) is 0 Å². The quantitative estimate of drug-likeness (QED) is 0.571. The first-order chi connectivity index (χ1) is 4.93. The Bertz CT molecular complexity index is 134. The van der Waals surface area contributed by atoms with Crippen LogP contribution in [-0.2, 0) is 0 Å². The molecule has 3 unspecified atom stereocenters. The molecule has 1 aliphatic carbocycles. The Balaban J connectivity index is 2.62. The fourth-order valence-corrected chi connectivity index (χ4v) is 2.42. The fraction of sp³-hybridized carbons (Fsp3) is 1.00. The van der Waals surface area contributed by atoms with E-state index >= 15 is 0 Å². The molecule has 1 fully saturated rings. The van der Waals surface area contributed by atoms with Crippen LogP contribution in [0.4, 0.5) is 0 Å². The maximum atomic E-state index is 5.97. The van der Waals surface area contributed by atoms with Crippen molar-refractivity contribution in [3.8, 4) is 0 Å². The molecule has 1 heteroatoms. The summed E-state index contributed by atoms with van der Waals surface area (Å²) in [7, 11) is 0. The summed E-state index contributed by atoms with van der Waals surface area (Å²) in [5, 5.41) is 0. The molecule has 0 aromatic heterocycles. The summed E-state index contributed by atoms with van der Waals surface area (Å²) < 4.78 is 0. The molecule has 0 aliphatic heterocycles. The molecule has 0 aromatic carbocycles. The van der Waals surface area contributed by atoms with E-state index in [4.69, 9.17) is 5.73 Å². The molecule has 0 saturated heterocycles. The van der Waals surface area contributed by atoms with Gasteiger partial charge in [-0.15, -0.1) is 0 Å². The van der Waals surface area contributed by atoms with Gasteiger partial charge in [-0.2, -0.15) is 0 Å². The third-order valence-electron chi connectivity index (χ3n) is 3.23. The van der Waals surface area contributed by atoms with Crippen molar-refractivity contribution in [1.82, 2.24) is 0 Å². The molecule has 0 radical (unpaired) electrons. The SMILES string of the molecule is CC1C(N)CCC1C(C)(C)C. The highest BCUT2D eigenvalue weighted by Crippen LogP contribution is 2.42. The number of nitrogens with two attached hydrogens (primary N) is 1. The second kappa shape index (κ2) is 2.78. The van der Waals surface area contributed by atoms with Crippen molar-refractivity contribution in [2.45, 2.75) is 46.6 Å². The minimum atomic E-state index is 0.452. The Morgan fingerprint density at radius 1 is 1.18 bits per heavy atom. The van der Waals surface area contributed by atoms with Gasteiger partial charge in [0.25, 0.3) is 0 Å². The minimum Gasteiger partial charge on any atom is -0.327 e. The Morgan fingerprint density at radius 3 is 1.91 bits per heavy atom. The van der Waals surface area contributed by atoms with Crippen LogP contribution in [0.5, 0.6) is 0 Å². The molecule has 0 spiro atoms. The number of hydrogen-bond acceptors (Lipinski definition) is 1. The standard InChI is InChI=1S/C10H21N/c1-7-8(10(2,3)4)5-6-9(7)11/h7-9H,5-6,11H2,1-4H3. The Labute approximate surface area is 70.4 Å². The molecule has 66 valence electrons. The van der Waals surface area contributed by atoms with Gasteiger partial charge in [-0.05, 0) is 30.1 Å². The summed E-state index contributed by atoms with van der Waals surface area (Å²) in [6.45, 7) is 9.28. The predicted molar refractivity (Wildman–Crippen MR) is 49.3 cm³/mol. The first-order valence-electron chi connectivity index (χ1n) is 4.68. The summed E-state index contributed by atoms with van der Waals surface area (Å²) >= 11 is 0. The highest BCUT2D eigenvalue weighted by Gasteiger charge is 2.37. The van der Waals surface area contributed by atoms with Gasteiger partial charge in [-0.1, -0.05) is 27.7 Å². The van der Waals surface area contributed by atoms with E-state index in [1.807, 2.05) is 0 Å². The first-order valence-corrected chi connectivity index (χ1v) is 4.68. The maximum absolute atomic E-state index is 5.97. The highest BCUT2D eigenvalue weighted by atomic mass is 14.7. The Kier molecular flexibility index (Phi) is 2.29. The van der Waals surface area contributed by atoms with Crippen LogP contribution >= 0.6 is 0 Å². The molecule has 11 heavy (non-hydrogen) atoms. The number of rotatable bonds is 0. The first kappa shape index (κ1) is 9.05. The summed E-state index contributed by atoms with van der Waals surface area (Å²) in [6.07, 6.45) is 2.55. The van der Waals surface area contributed by atoms with Gasteiger partial charge in [0.05, 0.1) is 0 Å². The van der Waals surface area contributed by atoms with Gasteiger partial charge in [0.1, 0.15) is 0 Å². The van der Waals surface area contributed by atoms with E-state index in [2.05, 4.69) is 27.7 Å². The Hall–Kier alpha value is -0.0400. The zero-order valence-electron chi connectivity index (χ0n) is 8.22. The van der Waals surface area contributed by atoms with Crippen molar-refractivity contribution in [1.29, 1.82) is 0 Å². The van der Waals surface area contributed by atoms with Crippen molar-refractivity contribution in [2.24, 2.45) is 23.0 Å². The van der Waals surface area contributed by atoms with Crippen LogP contribution in [0.3, 0.4) is 0 Å². The van der Waals surface area contributed by atoms with Crippen LogP contribution in [0, 0.1) is 17.3 Å².